The van der Waals surface area contributed by atoms with Crippen LogP contribution in [0.3, 0.4) is 0 Å². The zero-order valence-electron chi connectivity index (χ0n) is 25.6. The molecule has 4 heteroatoms. The molecule has 10 unspecified atom stereocenters. The summed E-state index contributed by atoms with van der Waals surface area (Å²) >= 11 is 0. The van der Waals surface area contributed by atoms with Crippen molar-refractivity contribution in [1.82, 2.24) is 5.32 Å². The second-order valence-corrected chi connectivity index (χ2v) is 16.1. The number of amides is 1. The van der Waals surface area contributed by atoms with Crippen molar-refractivity contribution in [3.8, 4) is 0 Å². The third-order valence-corrected chi connectivity index (χ3v) is 14.3. The van der Waals surface area contributed by atoms with Crippen LogP contribution in [0.15, 0.2) is 12.2 Å². The van der Waals surface area contributed by atoms with E-state index < -0.39 is 6.04 Å². The summed E-state index contributed by atoms with van der Waals surface area (Å²) in [5.41, 5.74) is 8.38. The number of hydrogen-bond donors (Lipinski definition) is 2. The van der Waals surface area contributed by atoms with Crippen LogP contribution in [0.1, 0.15) is 119 Å². The van der Waals surface area contributed by atoms with Gasteiger partial charge in [-0.2, -0.15) is 0 Å². The number of nitrogens with two attached hydrogens (primary N) is 1. The second-order valence-electron chi connectivity index (χ2n) is 16.1. The fourth-order valence-electron chi connectivity index (χ4n) is 12.2. The van der Waals surface area contributed by atoms with Gasteiger partial charge in [-0.3, -0.25) is 9.59 Å². The number of fused-ring (bicyclic) bond motifs is 7. The molecule has 0 saturated heterocycles. The Morgan fingerprint density at radius 2 is 1.58 bits per heavy atom. The molecule has 214 valence electrons. The Labute approximate surface area is 232 Å². The normalized spacial score (nSPS) is 48.1. The molecule has 5 aliphatic carbocycles. The van der Waals surface area contributed by atoms with E-state index in [9.17, 15) is 9.59 Å². The van der Waals surface area contributed by atoms with Gasteiger partial charge >= 0.3 is 0 Å². The molecule has 0 radical (unpaired) electrons. The van der Waals surface area contributed by atoms with Crippen molar-refractivity contribution in [1.29, 1.82) is 0 Å². The summed E-state index contributed by atoms with van der Waals surface area (Å²) < 4.78 is 0. The minimum atomic E-state index is -0.619. The third-order valence-electron chi connectivity index (χ3n) is 14.3. The predicted molar refractivity (Wildman–Crippen MR) is 155 cm³/mol. The maximum atomic E-state index is 14.0. The number of rotatable bonds is 5. The molecule has 0 aliphatic heterocycles. The van der Waals surface area contributed by atoms with Crippen molar-refractivity contribution < 1.29 is 9.59 Å². The number of Topliss-reactive ketones (excluding diaryl/α,β-unsaturated/α-hetero) is 1. The van der Waals surface area contributed by atoms with Crippen LogP contribution in [0.2, 0.25) is 0 Å². The fourth-order valence-corrected chi connectivity index (χ4v) is 12.2. The number of hydrogen-bond acceptors (Lipinski definition) is 3. The minimum absolute atomic E-state index is 0.0666. The second kappa shape index (κ2) is 9.18. The molecule has 10 atom stereocenters. The van der Waals surface area contributed by atoms with Crippen molar-refractivity contribution in [2.45, 2.75) is 125 Å². The van der Waals surface area contributed by atoms with Crippen LogP contribution in [0.25, 0.3) is 0 Å². The molecule has 0 aromatic rings. The highest BCUT2D eigenvalue weighted by Crippen LogP contribution is 2.77. The predicted octanol–water partition coefficient (Wildman–Crippen LogP) is 7.07. The van der Waals surface area contributed by atoms with E-state index in [0.717, 1.165) is 37.5 Å². The molecule has 4 nitrogen and oxygen atoms in total. The lowest BCUT2D eigenvalue weighted by Crippen LogP contribution is -2.66. The highest BCUT2D eigenvalue weighted by atomic mass is 16.2. The van der Waals surface area contributed by atoms with E-state index >= 15 is 0 Å². The van der Waals surface area contributed by atoms with Crippen molar-refractivity contribution in [3.63, 3.8) is 0 Å². The average Bonchev–Trinajstić information content (AvgIpc) is 3.23. The number of nitrogens with one attached hydrogen (secondary N) is 1. The van der Waals surface area contributed by atoms with Crippen LogP contribution < -0.4 is 11.1 Å². The smallest absolute Gasteiger partial charge is 0.226 e. The van der Waals surface area contributed by atoms with E-state index in [1.807, 2.05) is 0 Å². The van der Waals surface area contributed by atoms with Crippen LogP contribution in [-0.4, -0.2) is 24.3 Å². The Bertz CT molecular complexity index is 1000. The van der Waals surface area contributed by atoms with Gasteiger partial charge < -0.3 is 11.1 Å². The van der Waals surface area contributed by atoms with Gasteiger partial charge in [-0.25, -0.2) is 0 Å². The Morgan fingerprint density at radius 3 is 2.24 bits per heavy atom. The SMILES string of the molecule is C=C(C)C1CCC2(C(=O)NCC(N)C(C)=O)CCC3(C)C(CCC4C5(C)CCCC(C)(C)C5CCC43C)C12. The summed E-state index contributed by atoms with van der Waals surface area (Å²) in [6.45, 7) is 21.5. The fraction of sp³-hybridized carbons (Fsp3) is 0.882. The van der Waals surface area contributed by atoms with E-state index in [1.165, 1.54) is 57.4 Å². The van der Waals surface area contributed by atoms with Crippen LogP contribution in [-0.2, 0) is 9.59 Å². The lowest BCUT2D eigenvalue weighted by Gasteiger charge is -2.72. The topological polar surface area (TPSA) is 72.2 Å². The van der Waals surface area contributed by atoms with Crippen molar-refractivity contribution >= 4 is 11.7 Å². The van der Waals surface area contributed by atoms with Gasteiger partial charge in [-0.1, -0.05) is 53.2 Å². The van der Waals surface area contributed by atoms with E-state index in [0.29, 0.717) is 34.0 Å². The lowest BCUT2D eigenvalue weighted by atomic mass is 9.32. The summed E-state index contributed by atoms with van der Waals surface area (Å²) in [6, 6.07) is -0.619. The van der Waals surface area contributed by atoms with Crippen LogP contribution >= 0.6 is 0 Å². The first-order valence-electron chi connectivity index (χ1n) is 15.8. The Hall–Kier alpha value is -1.16. The summed E-state index contributed by atoms with van der Waals surface area (Å²) in [6.07, 6.45) is 13.5. The summed E-state index contributed by atoms with van der Waals surface area (Å²) in [5.74, 6) is 2.99. The van der Waals surface area contributed by atoms with Gasteiger partial charge in [0.1, 0.15) is 5.78 Å². The molecule has 38 heavy (non-hydrogen) atoms. The maximum absolute atomic E-state index is 14.0. The average molecular weight is 525 g/mol. The molecule has 0 spiro atoms. The molecule has 1 amide bonds. The quantitative estimate of drug-likeness (QED) is 0.378. The Balaban J connectivity index is 1.50. The maximum Gasteiger partial charge on any atom is 0.226 e. The number of allylic oxidation sites excluding steroid dienone is 1. The molecule has 5 fully saturated rings. The van der Waals surface area contributed by atoms with E-state index in [1.54, 1.807) is 0 Å². The zero-order valence-corrected chi connectivity index (χ0v) is 25.6. The number of carbonyl (C=O) groups is 2. The highest BCUT2D eigenvalue weighted by molar-refractivity contribution is 5.86. The summed E-state index contributed by atoms with van der Waals surface area (Å²) in [5, 5.41) is 3.17. The van der Waals surface area contributed by atoms with Gasteiger partial charge in [-0.15, -0.1) is 0 Å². The van der Waals surface area contributed by atoms with Crippen LogP contribution in [0, 0.1) is 56.7 Å². The number of ketones is 1. The number of carbonyl (C=O) groups excluding carboxylic acids is 2. The summed E-state index contributed by atoms with van der Waals surface area (Å²) in [7, 11) is 0. The van der Waals surface area contributed by atoms with Crippen LogP contribution in [0.4, 0.5) is 0 Å². The molecular formula is C34H56N2O2. The monoisotopic (exact) mass is 524 g/mol. The first-order valence-corrected chi connectivity index (χ1v) is 15.8. The van der Waals surface area contributed by atoms with Gasteiger partial charge in [0, 0.05) is 6.54 Å². The van der Waals surface area contributed by atoms with Crippen molar-refractivity contribution in [2.75, 3.05) is 6.54 Å². The highest BCUT2D eigenvalue weighted by Gasteiger charge is 2.71. The lowest BCUT2D eigenvalue weighted by molar-refractivity contribution is -0.235. The molecule has 5 aliphatic rings. The van der Waals surface area contributed by atoms with Gasteiger partial charge in [0.2, 0.25) is 5.91 Å². The first kappa shape index (κ1) is 28.4. The molecule has 5 rings (SSSR count). The standard InChI is InChI=1S/C34H56N2O2/c1-21(2)23-12-17-34(29(38)36-20-25(35)22(3)37)19-18-32(7)24(28(23)34)10-11-27-31(6)15-9-14-30(4,5)26(31)13-16-33(27,32)8/h23-28H,1,9-20,35H2,2-8H3,(H,36,38). The molecule has 3 N–H and O–H groups in total. The zero-order chi connectivity index (χ0) is 27.9. The van der Waals surface area contributed by atoms with E-state index in [2.05, 4.69) is 53.4 Å². The van der Waals surface area contributed by atoms with Crippen molar-refractivity contribution in [2.24, 2.45) is 62.4 Å². The molecular weight excluding hydrogens is 468 g/mol. The Kier molecular flexibility index (Phi) is 6.85. The largest absolute Gasteiger partial charge is 0.354 e. The molecule has 0 aromatic heterocycles. The van der Waals surface area contributed by atoms with Gasteiger partial charge in [0.15, 0.2) is 0 Å². The Morgan fingerprint density at radius 1 is 0.868 bits per heavy atom. The molecule has 0 aromatic carbocycles. The third kappa shape index (κ3) is 3.77. The van der Waals surface area contributed by atoms with Gasteiger partial charge in [0.05, 0.1) is 11.5 Å². The molecule has 0 heterocycles. The van der Waals surface area contributed by atoms with Gasteiger partial charge in [-0.05, 0) is 129 Å². The molecule has 5 saturated carbocycles. The van der Waals surface area contributed by atoms with Gasteiger partial charge in [0.25, 0.3) is 0 Å². The van der Waals surface area contributed by atoms with E-state index in [-0.39, 0.29) is 29.1 Å². The molecule has 0 bridgehead atoms. The summed E-state index contributed by atoms with van der Waals surface area (Å²) in [4.78, 5) is 25.8. The minimum Gasteiger partial charge on any atom is -0.354 e. The van der Waals surface area contributed by atoms with E-state index in [4.69, 9.17) is 5.73 Å². The van der Waals surface area contributed by atoms with Crippen molar-refractivity contribution in [3.05, 3.63) is 12.2 Å². The van der Waals surface area contributed by atoms with Crippen LogP contribution in [0.5, 0.6) is 0 Å². The first-order chi connectivity index (χ1) is 17.6.